The van der Waals surface area contributed by atoms with Crippen LogP contribution in [0.5, 0.6) is 5.75 Å². The van der Waals surface area contributed by atoms with Gasteiger partial charge in [0.05, 0.1) is 11.6 Å². The van der Waals surface area contributed by atoms with E-state index in [9.17, 15) is 0 Å². The Labute approximate surface area is 112 Å². The van der Waals surface area contributed by atoms with Gasteiger partial charge in [0.15, 0.2) is 0 Å². The molecule has 1 aromatic rings. The van der Waals surface area contributed by atoms with Crippen molar-refractivity contribution >= 4 is 15.9 Å². The maximum atomic E-state index is 5.23. The number of methoxy groups -OCH3 is 1. The first kappa shape index (κ1) is 14.3. The number of hydrogen-bond donors (Lipinski definition) is 1. The zero-order chi connectivity index (χ0) is 12.8. The summed E-state index contributed by atoms with van der Waals surface area (Å²) >= 11 is 3.51. The number of allylic oxidation sites excluding steroid dienone is 1. The summed E-state index contributed by atoms with van der Waals surface area (Å²) in [5.41, 5.74) is 2.49. The highest BCUT2D eigenvalue weighted by atomic mass is 79.9. The fourth-order valence-electron chi connectivity index (χ4n) is 1.77. The van der Waals surface area contributed by atoms with Gasteiger partial charge in [-0.1, -0.05) is 11.6 Å². The van der Waals surface area contributed by atoms with Crippen LogP contribution >= 0.6 is 15.9 Å². The molecular formula is C14H20BrNO. The highest BCUT2D eigenvalue weighted by Crippen LogP contribution is 2.29. The second kappa shape index (κ2) is 6.82. The van der Waals surface area contributed by atoms with Gasteiger partial charge >= 0.3 is 0 Å². The van der Waals surface area contributed by atoms with Gasteiger partial charge in [-0.25, -0.2) is 0 Å². The number of ether oxygens (including phenoxy) is 1. The minimum absolute atomic E-state index is 0.355. The van der Waals surface area contributed by atoms with Crippen LogP contribution in [0.1, 0.15) is 31.4 Å². The van der Waals surface area contributed by atoms with Crippen LogP contribution in [0.4, 0.5) is 0 Å². The third-order valence-electron chi connectivity index (χ3n) is 2.79. The van der Waals surface area contributed by atoms with Crippen LogP contribution in [0.3, 0.4) is 0 Å². The van der Waals surface area contributed by atoms with Crippen molar-refractivity contribution in [2.45, 2.75) is 25.8 Å². The van der Waals surface area contributed by atoms with E-state index in [-0.39, 0.29) is 0 Å². The van der Waals surface area contributed by atoms with Gasteiger partial charge in [0.1, 0.15) is 5.75 Å². The van der Waals surface area contributed by atoms with Crippen LogP contribution in [-0.4, -0.2) is 14.2 Å². The molecule has 0 radical (unpaired) electrons. The lowest BCUT2D eigenvalue weighted by atomic mass is 10.00. The Hall–Kier alpha value is -0.800. The van der Waals surface area contributed by atoms with E-state index >= 15 is 0 Å². The number of benzene rings is 1. The van der Waals surface area contributed by atoms with Crippen LogP contribution in [0, 0.1) is 0 Å². The first-order chi connectivity index (χ1) is 8.08. The Kier molecular flexibility index (Phi) is 5.72. The van der Waals surface area contributed by atoms with E-state index in [4.69, 9.17) is 4.74 Å². The largest absolute Gasteiger partial charge is 0.496 e. The summed E-state index contributed by atoms with van der Waals surface area (Å²) in [6.07, 6.45) is 2.10. The van der Waals surface area contributed by atoms with Crippen molar-refractivity contribution < 1.29 is 4.74 Å². The minimum atomic E-state index is 0.355. The number of rotatable bonds is 6. The van der Waals surface area contributed by atoms with E-state index in [0.717, 1.165) is 23.1 Å². The summed E-state index contributed by atoms with van der Waals surface area (Å²) in [5, 5.41) is 3.34. The highest BCUT2D eigenvalue weighted by Gasteiger charge is 2.11. The Morgan fingerprint density at radius 1 is 1.53 bits per heavy atom. The second-order valence-corrected chi connectivity index (χ2v) is 5.09. The van der Waals surface area contributed by atoms with Crippen LogP contribution in [0.15, 0.2) is 34.8 Å². The molecule has 1 atom stereocenters. The summed E-state index contributed by atoms with van der Waals surface area (Å²) in [4.78, 5) is 0. The molecule has 1 unspecified atom stereocenters. The van der Waals surface area contributed by atoms with Gasteiger partial charge in [-0.15, -0.1) is 6.58 Å². The van der Waals surface area contributed by atoms with Gasteiger partial charge in [-0.3, -0.25) is 0 Å². The SMILES string of the molecule is C=C(C)CCC(NC)c1ccc(OC)c(Br)c1. The molecular weight excluding hydrogens is 278 g/mol. The third kappa shape index (κ3) is 4.17. The van der Waals surface area contributed by atoms with Crippen LogP contribution < -0.4 is 10.1 Å². The van der Waals surface area contributed by atoms with Crippen molar-refractivity contribution in [2.75, 3.05) is 14.2 Å². The molecule has 0 amide bonds. The number of halogens is 1. The van der Waals surface area contributed by atoms with Gasteiger partial charge in [-0.2, -0.15) is 0 Å². The zero-order valence-electron chi connectivity index (χ0n) is 10.7. The highest BCUT2D eigenvalue weighted by molar-refractivity contribution is 9.10. The molecule has 1 N–H and O–H groups in total. The summed E-state index contributed by atoms with van der Waals surface area (Å²) in [7, 11) is 3.66. The lowest BCUT2D eigenvalue weighted by Gasteiger charge is -2.17. The molecule has 0 aliphatic carbocycles. The normalized spacial score (nSPS) is 12.2. The monoisotopic (exact) mass is 297 g/mol. The summed E-state index contributed by atoms with van der Waals surface area (Å²) in [5.74, 6) is 0.864. The minimum Gasteiger partial charge on any atom is -0.496 e. The van der Waals surface area contributed by atoms with Crippen LogP contribution in [0.25, 0.3) is 0 Å². The topological polar surface area (TPSA) is 21.3 Å². The first-order valence-electron chi connectivity index (χ1n) is 5.73. The Morgan fingerprint density at radius 3 is 2.71 bits per heavy atom. The molecule has 0 bridgehead atoms. The standard InChI is InChI=1S/C14H20BrNO/c1-10(2)5-7-13(16-3)11-6-8-14(17-4)12(15)9-11/h6,8-9,13,16H,1,5,7H2,2-4H3. The Bertz CT molecular complexity index is 390. The predicted octanol–water partition coefficient (Wildman–Crippen LogP) is 4.07. The number of nitrogens with one attached hydrogen (secondary N) is 1. The molecule has 1 rings (SSSR count). The maximum absolute atomic E-state index is 5.23. The number of hydrogen-bond acceptors (Lipinski definition) is 2. The average Bonchev–Trinajstić information content (AvgIpc) is 2.29. The maximum Gasteiger partial charge on any atom is 0.133 e. The van der Waals surface area contributed by atoms with Gasteiger partial charge < -0.3 is 10.1 Å². The van der Waals surface area contributed by atoms with Crippen molar-refractivity contribution in [1.29, 1.82) is 0 Å². The molecule has 2 nitrogen and oxygen atoms in total. The van der Waals surface area contributed by atoms with Crippen LogP contribution in [-0.2, 0) is 0 Å². The molecule has 0 aliphatic heterocycles. The molecule has 94 valence electrons. The van der Waals surface area contributed by atoms with Gasteiger partial charge in [0, 0.05) is 6.04 Å². The van der Waals surface area contributed by atoms with E-state index < -0.39 is 0 Å². The smallest absolute Gasteiger partial charge is 0.133 e. The average molecular weight is 298 g/mol. The van der Waals surface area contributed by atoms with Gasteiger partial charge in [0.25, 0.3) is 0 Å². The van der Waals surface area contributed by atoms with Gasteiger partial charge in [0.2, 0.25) is 0 Å². The molecule has 0 aliphatic rings. The summed E-state index contributed by atoms with van der Waals surface area (Å²) in [6, 6.07) is 6.56. The van der Waals surface area contributed by atoms with E-state index in [1.807, 2.05) is 13.1 Å². The van der Waals surface area contributed by atoms with Crippen molar-refractivity contribution in [3.63, 3.8) is 0 Å². The fourth-order valence-corrected chi connectivity index (χ4v) is 2.33. The van der Waals surface area contributed by atoms with Crippen molar-refractivity contribution in [1.82, 2.24) is 5.32 Å². The lowest BCUT2D eigenvalue weighted by molar-refractivity contribution is 0.411. The van der Waals surface area contributed by atoms with E-state index in [1.54, 1.807) is 7.11 Å². The van der Waals surface area contributed by atoms with Crippen molar-refractivity contribution in [3.8, 4) is 5.75 Å². The van der Waals surface area contributed by atoms with Crippen molar-refractivity contribution in [3.05, 3.63) is 40.4 Å². The fraction of sp³-hybridized carbons (Fsp3) is 0.429. The lowest BCUT2D eigenvalue weighted by Crippen LogP contribution is -2.16. The van der Waals surface area contributed by atoms with E-state index in [1.165, 1.54) is 11.1 Å². The molecule has 0 spiro atoms. The molecule has 0 saturated heterocycles. The first-order valence-corrected chi connectivity index (χ1v) is 6.53. The predicted molar refractivity (Wildman–Crippen MR) is 76.5 cm³/mol. The molecule has 17 heavy (non-hydrogen) atoms. The van der Waals surface area contributed by atoms with E-state index in [0.29, 0.717) is 6.04 Å². The molecule has 1 aromatic carbocycles. The van der Waals surface area contributed by atoms with E-state index in [2.05, 4.69) is 46.9 Å². The van der Waals surface area contributed by atoms with Crippen molar-refractivity contribution in [2.24, 2.45) is 0 Å². The summed E-state index contributed by atoms with van der Waals surface area (Å²) in [6.45, 7) is 6.01. The quantitative estimate of drug-likeness (QED) is 0.799. The third-order valence-corrected chi connectivity index (χ3v) is 3.41. The molecule has 0 fully saturated rings. The molecule has 0 saturated carbocycles. The Balaban J connectivity index is 2.81. The zero-order valence-corrected chi connectivity index (χ0v) is 12.3. The molecule has 0 aromatic heterocycles. The molecule has 3 heteroatoms. The Morgan fingerprint density at radius 2 is 2.24 bits per heavy atom. The van der Waals surface area contributed by atoms with Crippen LogP contribution in [0.2, 0.25) is 0 Å². The molecule has 0 heterocycles. The second-order valence-electron chi connectivity index (χ2n) is 4.23. The summed E-state index contributed by atoms with van der Waals surface area (Å²) < 4.78 is 6.22. The van der Waals surface area contributed by atoms with Gasteiger partial charge in [-0.05, 0) is 60.4 Å².